The van der Waals surface area contributed by atoms with Gasteiger partial charge in [-0.3, -0.25) is 14.6 Å². The fourth-order valence-corrected chi connectivity index (χ4v) is 3.61. The summed E-state index contributed by atoms with van der Waals surface area (Å²) < 4.78 is 47.2. The lowest BCUT2D eigenvalue weighted by molar-refractivity contribution is -0.126. The third-order valence-electron chi connectivity index (χ3n) is 5.19. The standard InChI is InChI=1S/C22H23ClF3N3O4/c23-18-8-7-16(9-19(18)24)32-12-20(30)29-14-3-1-13(2-4-14)21(31)28-10-15-5-6-17(11-27-15)33-22(25)26/h5-9,11,13-14,22H,1-4,10,12H2,(H,28,31)(H,29,30)/t13-,14-. The van der Waals surface area contributed by atoms with Gasteiger partial charge in [0.25, 0.3) is 5.91 Å². The molecule has 0 spiro atoms. The number of aromatic nitrogens is 1. The van der Waals surface area contributed by atoms with Crippen molar-refractivity contribution in [3.8, 4) is 11.5 Å². The maximum Gasteiger partial charge on any atom is 0.387 e. The molecule has 0 unspecified atom stereocenters. The molecule has 2 amide bonds. The van der Waals surface area contributed by atoms with Gasteiger partial charge in [-0.25, -0.2) is 4.39 Å². The van der Waals surface area contributed by atoms with Crippen LogP contribution in [0.5, 0.6) is 11.5 Å². The van der Waals surface area contributed by atoms with Gasteiger partial charge in [0.05, 0.1) is 23.5 Å². The Bertz CT molecular complexity index is 954. The largest absolute Gasteiger partial charge is 0.484 e. The first-order valence-corrected chi connectivity index (χ1v) is 10.7. The van der Waals surface area contributed by atoms with Crippen LogP contribution in [-0.4, -0.2) is 36.1 Å². The van der Waals surface area contributed by atoms with E-state index in [1.807, 2.05) is 0 Å². The molecule has 1 aromatic carbocycles. The van der Waals surface area contributed by atoms with Crippen LogP contribution in [0.1, 0.15) is 31.4 Å². The van der Waals surface area contributed by atoms with Crippen molar-refractivity contribution >= 4 is 23.4 Å². The summed E-state index contributed by atoms with van der Waals surface area (Å²) in [4.78, 5) is 28.5. The molecular weight excluding hydrogens is 463 g/mol. The third-order valence-corrected chi connectivity index (χ3v) is 5.50. The topological polar surface area (TPSA) is 89.5 Å². The minimum Gasteiger partial charge on any atom is -0.484 e. The highest BCUT2D eigenvalue weighted by molar-refractivity contribution is 6.30. The predicted octanol–water partition coefficient (Wildman–Crippen LogP) is 3.85. The zero-order chi connectivity index (χ0) is 23.8. The van der Waals surface area contributed by atoms with E-state index in [-0.39, 0.29) is 53.4 Å². The molecule has 0 bridgehead atoms. The molecule has 2 aromatic rings. The Labute approximate surface area is 193 Å². The molecular formula is C22H23ClF3N3O4. The van der Waals surface area contributed by atoms with Crippen molar-refractivity contribution in [1.82, 2.24) is 15.6 Å². The van der Waals surface area contributed by atoms with Gasteiger partial charge in [0.15, 0.2) is 6.61 Å². The molecule has 0 aliphatic heterocycles. The second kappa shape index (κ2) is 11.7. The minimum atomic E-state index is -2.92. The molecule has 0 radical (unpaired) electrons. The van der Waals surface area contributed by atoms with Crippen LogP contribution in [0, 0.1) is 11.7 Å². The van der Waals surface area contributed by atoms with Gasteiger partial charge in [0, 0.05) is 18.0 Å². The van der Waals surface area contributed by atoms with E-state index < -0.39 is 12.4 Å². The zero-order valence-corrected chi connectivity index (χ0v) is 18.3. The number of hydrogen-bond donors (Lipinski definition) is 2. The number of alkyl halides is 2. The van der Waals surface area contributed by atoms with Crippen LogP contribution in [0.3, 0.4) is 0 Å². The van der Waals surface area contributed by atoms with Crippen LogP contribution in [0.15, 0.2) is 36.5 Å². The highest BCUT2D eigenvalue weighted by Gasteiger charge is 2.27. The van der Waals surface area contributed by atoms with E-state index in [1.165, 1.54) is 30.5 Å². The molecule has 1 heterocycles. The van der Waals surface area contributed by atoms with Crippen LogP contribution in [0.4, 0.5) is 13.2 Å². The van der Waals surface area contributed by atoms with E-state index in [4.69, 9.17) is 16.3 Å². The van der Waals surface area contributed by atoms with Crippen molar-refractivity contribution < 1.29 is 32.2 Å². The van der Waals surface area contributed by atoms with Gasteiger partial charge < -0.3 is 20.1 Å². The van der Waals surface area contributed by atoms with Gasteiger partial charge in [-0.1, -0.05) is 11.6 Å². The Hall–Kier alpha value is -3.01. The highest BCUT2D eigenvalue weighted by atomic mass is 35.5. The first kappa shape index (κ1) is 24.6. The normalized spacial score (nSPS) is 18.0. The number of halogens is 4. The molecule has 0 saturated heterocycles. The summed E-state index contributed by atoms with van der Waals surface area (Å²) in [6.07, 6.45) is 3.66. The SMILES string of the molecule is O=C(COc1ccc(Cl)c(F)c1)N[C@H]1CC[C@H](C(=O)NCc2ccc(OC(F)F)cn2)CC1. The van der Waals surface area contributed by atoms with Gasteiger partial charge in [-0.2, -0.15) is 8.78 Å². The number of ether oxygens (including phenoxy) is 2. The van der Waals surface area contributed by atoms with Gasteiger partial charge in [0.1, 0.15) is 17.3 Å². The molecule has 7 nitrogen and oxygen atoms in total. The monoisotopic (exact) mass is 485 g/mol. The van der Waals surface area contributed by atoms with E-state index in [0.29, 0.717) is 31.4 Å². The number of nitrogens with one attached hydrogen (secondary N) is 2. The van der Waals surface area contributed by atoms with Crippen molar-refractivity contribution in [2.75, 3.05) is 6.61 Å². The lowest BCUT2D eigenvalue weighted by Crippen LogP contribution is -2.42. The van der Waals surface area contributed by atoms with E-state index in [9.17, 15) is 22.8 Å². The second-order valence-electron chi connectivity index (χ2n) is 7.56. The Morgan fingerprint density at radius 2 is 1.85 bits per heavy atom. The lowest BCUT2D eigenvalue weighted by atomic mass is 9.85. The Morgan fingerprint density at radius 1 is 1.12 bits per heavy atom. The summed E-state index contributed by atoms with van der Waals surface area (Å²) in [6, 6.07) is 6.73. The van der Waals surface area contributed by atoms with Gasteiger partial charge in [0.2, 0.25) is 5.91 Å². The van der Waals surface area contributed by atoms with Crippen LogP contribution in [0.25, 0.3) is 0 Å². The smallest absolute Gasteiger partial charge is 0.387 e. The number of pyridine rings is 1. The number of amides is 2. The molecule has 1 saturated carbocycles. The minimum absolute atomic E-state index is 0.0266. The van der Waals surface area contributed by atoms with Crippen molar-refractivity contribution in [3.05, 3.63) is 53.1 Å². The van der Waals surface area contributed by atoms with Crippen molar-refractivity contribution in [1.29, 1.82) is 0 Å². The number of benzene rings is 1. The molecule has 1 aliphatic rings. The van der Waals surface area contributed by atoms with Gasteiger partial charge in [-0.05, 0) is 49.9 Å². The Kier molecular flexibility index (Phi) is 8.76. The van der Waals surface area contributed by atoms with Gasteiger partial charge in [-0.15, -0.1) is 0 Å². The van der Waals surface area contributed by atoms with Crippen LogP contribution in [0.2, 0.25) is 5.02 Å². The van der Waals surface area contributed by atoms with Crippen LogP contribution in [-0.2, 0) is 16.1 Å². The third kappa shape index (κ3) is 7.81. The quantitative estimate of drug-likeness (QED) is 0.563. The Balaban J connectivity index is 1.35. The summed E-state index contributed by atoms with van der Waals surface area (Å²) >= 11 is 5.61. The highest BCUT2D eigenvalue weighted by Crippen LogP contribution is 2.25. The maximum absolute atomic E-state index is 13.4. The lowest BCUT2D eigenvalue weighted by Gasteiger charge is -2.28. The summed E-state index contributed by atoms with van der Waals surface area (Å²) in [5.41, 5.74) is 0.520. The Morgan fingerprint density at radius 3 is 2.48 bits per heavy atom. The van der Waals surface area contributed by atoms with Crippen molar-refractivity contribution in [2.24, 2.45) is 5.92 Å². The average Bonchev–Trinajstić information content (AvgIpc) is 2.79. The number of nitrogens with zero attached hydrogens (tertiary/aromatic N) is 1. The van der Waals surface area contributed by atoms with Gasteiger partial charge >= 0.3 is 6.61 Å². The first-order valence-electron chi connectivity index (χ1n) is 10.3. The number of hydrogen-bond acceptors (Lipinski definition) is 5. The summed E-state index contributed by atoms with van der Waals surface area (Å²) in [5.74, 6) is -1.11. The average molecular weight is 486 g/mol. The molecule has 1 aromatic heterocycles. The van der Waals surface area contributed by atoms with E-state index >= 15 is 0 Å². The first-order chi connectivity index (χ1) is 15.8. The van der Waals surface area contributed by atoms with Crippen molar-refractivity contribution in [2.45, 2.75) is 44.9 Å². The number of rotatable bonds is 9. The molecule has 1 fully saturated rings. The molecule has 0 atom stereocenters. The maximum atomic E-state index is 13.4. The summed E-state index contributed by atoms with van der Waals surface area (Å²) in [7, 11) is 0. The van der Waals surface area contributed by atoms with E-state index in [0.717, 1.165) is 6.07 Å². The molecule has 1 aliphatic carbocycles. The summed E-state index contributed by atoms with van der Waals surface area (Å²) in [6.45, 7) is -3.00. The molecule has 178 valence electrons. The molecule has 2 N–H and O–H groups in total. The fourth-order valence-electron chi connectivity index (χ4n) is 3.49. The zero-order valence-electron chi connectivity index (χ0n) is 17.5. The van der Waals surface area contributed by atoms with Crippen molar-refractivity contribution in [3.63, 3.8) is 0 Å². The van der Waals surface area contributed by atoms with Crippen LogP contribution < -0.4 is 20.1 Å². The molecule has 3 rings (SSSR count). The number of carbonyl (C=O) groups excluding carboxylic acids is 2. The molecule has 11 heteroatoms. The second-order valence-corrected chi connectivity index (χ2v) is 7.97. The fraction of sp³-hybridized carbons (Fsp3) is 0.409. The summed E-state index contributed by atoms with van der Waals surface area (Å²) in [5, 5.41) is 5.63. The van der Waals surface area contributed by atoms with E-state index in [1.54, 1.807) is 0 Å². The van der Waals surface area contributed by atoms with E-state index in [2.05, 4.69) is 20.4 Å². The van der Waals surface area contributed by atoms with Crippen LogP contribution >= 0.6 is 11.6 Å². The number of carbonyl (C=O) groups is 2. The predicted molar refractivity (Wildman–Crippen MR) is 114 cm³/mol. The molecule has 33 heavy (non-hydrogen) atoms.